The molecule has 0 saturated heterocycles. The number of likely N-dealkylation sites (N-methyl/N-ethyl adjacent to an activating group) is 1. The van der Waals surface area contributed by atoms with Crippen molar-refractivity contribution < 1.29 is 19.1 Å². The molecule has 6 heteroatoms. The average Bonchev–Trinajstić information content (AvgIpc) is 2.55. The van der Waals surface area contributed by atoms with Crippen molar-refractivity contribution in [2.24, 2.45) is 0 Å². The Labute approximate surface area is 137 Å². The van der Waals surface area contributed by atoms with Crippen molar-refractivity contribution in [3.8, 4) is 11.5 Å². The molecule has 2 amide bonds. The number of nitrogens with one attached hydrogen (secondary N) is 1. The first-order valence-electron chi connectivity index (χ1n) is 8.02. The minimum atomic E-state index is -0.311. The van der Waals surface area contributed by atoms with Gasteiger partial charge >= 0.3 is 0 Å². The van der Waals surface area contributed by atoms with Crippen LogP contribution in [0.25, 0.3) is 0 Å². The molecule has 0 saturated carbocycles. The summed E-state index contributed by atoms with van der Waals surface area (Å²) in [4.78, 5) is 25.8. The van der Waals surface area contributed by atoms with E-state index >= 15 is 0 Å². The van der Waals surface area contributed by atoms with Crippen LogP contribution in [0.15, 0.2) is 18.2 Å². The van der Waals surface area contributed by atoms with E-state index in [1.54, 1.807) is 23.1 Å². The highest BCUT2D eigenvalue weighted by Crippen LogP contribution is 2.28. The lowest BCUT2D eigenvalue weighted by atomic mass is 10.2. The largest absolute Gasteiger partial charge is 0.490 e. The van der Waals surface area contributed by atoms with Crippen molar-refractivity contribution in [3.63, 3.8) is 0 Å². The minimum absolute atomic E-state index is 0.0162. The molecule has 0 atom stereocenters. The zero-order valence-corrected chi connectivity index (χ0v) is 14.3. The minimum Gasteiger partial charge on any atom is -0.490 e. The van der Waals surface area contributed by atoms with Crippen molar-refractivity contribution >= 4 is 11.8 Å². The molecule has 0 aliphatic carbocycles. The van der Waals surface area contributed by atoms with Crippen LogP contribution >= 0.6 is 0 Å². The van der Waals surface area contributed by atoms with Gasteiger partial charge in [-0.1, -0.05) is 0 Å². The van der Waals surface area contributed by atoms with E-state index in [9.17, 15) is 9.59 Å². The maximum Gasteiger partial charge on any atom is 0.251 e. The van der Waals surface area contributed by atoms with Crippen molar-refractivity contribution in [2.45, 2.75) is 27.7 Å². The van der Waals surface area contributed by atoms with Crippen LogP contribution in [0.5, 0.6) is 11.5 Å². The fourth-order valence-corrected chi connectivity index (χ4v) is 2.14. The Morgan fingerprint density at radius 1 is 1.00 bits per heavy atom. The molecule has 0 radical (unpaired) electrons. The Bertz CT molecular complexity index is 527. The second-order valence-electron chi connectivity index (χ2n) is 4.78. The third-order valence-corrected chi connectivity index (χ3v) is 3.32. The lowest BCUT2D eigenvalue weighted by Gasteiger charge is -2.18. The van der Waals surface area contributed by atoms with Crippen LogP contribution in [0, 0.1) is 0 Å². The lowest BCUT2D eigenvalue weighted by molar-refractivity contribution is -0.129. The lowest BCUT2D eigenvalue weighted by Crippen LogP contribution is -2.40. The first-order valence-corrected chi connectivity index (χ1v) is 8.02. The SMILES string of the molecule is CCOc1ccc(C(=O)NCC(=O)N(CC)CC)cc1OCC. The number of rotatable bonds is 9. The summed E-state index contributed by atoms with van der Waals surface area (Å²) >= 11 is 0. The summed E-state index contributed by atoms with van der Waals surface area (Å²) in [7, 11) is 0. The maximum absolute atomic E-state index is 12.2. The molecule has 0 bridgehead atoms. The molecule has 6 nitrogen and oxygen atoms in total. The highest BCUT2D eigenvalue weighted by molar-refractivity contribution is 5.97. The number of benzene rings is 1. The van der Waals surface area contributed by atoms with E-state index in [2.05, 4.69) is 5.32 Å². The Kier molecular flexibility index (Phi) is 7.94. The number of hydrogen-bond donors (Lipinski definition) is 1. The van der Waals surface area contributed by atoms with Crippen molar-refractivity contribution in [1.29, 1.82) is 0 Å². The second-order valence-corrected chi connectivity index (χ2v) is 4.78. The number of amides is 2. The predicted molar refractivity (Wildman–Crippen MR) is 89.0 cm³/mol. The number of nitrogens with zero attached hydrogens (tertiary/aromatic N) is 1. The zero-order chi connectivity index (χ0) is 17.2. The fraction of sp³-hybridized carbons (Fsp3) is 0.529. The van der Waals surface area contributed by atoms with Gasteiger partial charge in [-0.15, -0.1) is 0 Å². The van der Waals surface area contributed by atoms with E-state index in [4.69, 9.17) is 9.47 Å². The highest BCUT2D eigenvalue weighted by Gasteiger charge is 2.14. The topological polar surface area (TPSA) is 67.9 Å². The van der Waals surface area contributed by atoms with E-state index < -0.39 is 0 Å². The Morgan fingerprint density at radius 2 is 1.61 bits per heavy atom. The first kappa shape index (κ1) is 18.8. The number of hydrogen-bond acceptors (Lipinski definition) is 4. The quantitative estimate of drug-likeness (QED) is 0.756. The molecule has 23 heavy (non-hydrogen) atoms. The fourth-order valence-electron chi connectivity index (χ4n) is 2.14. The Morgan fingerprint density at radius 3 is 2.17 bits per heavy atom. The van der Waals surface area contributed by atoms with Gasteiger partial charge in [-0.25, -0.2) is 0 Å². The molecule has 0 aromatic heterocycles. The number of carbonyl (C=O) groups excluding carboxylic acids is 2. The summed E-state index contributed by atoms with van der Waals surface area (Å²) in [6.45, 7) is 9.80. The van der Waals surface area contributed by atoms with Gasteiger partial charge in [0.25, 0.3) is 5.91 Å². The van der Waals surface area contributed by atoms with Crippen molar-refractivity contribution in [2.75, 3.05) is 32.8 Å². The van der Waals surface area contributed by atoms with Gasteiger partial charge in [0.1, 0.15) is 0 Å². The molecule has 1 aromatic carbocycles. The molecule has 0 heterocycles. The van der Waals surface area contributed by atoms with Crippen molar-refractivity contribution in [1.82, 2.24) is 10.2 Å². The maximum atomic E-state index is 12.2. The monoisotopic (exact) mass is 322 g/mol. The molecule has 128 valence electrons. The van der Waals surface area contributed by atoms with Crippen LogP contribution in [0.4, 0.5) is 0 Å². The summed E-state index contributed by atoms with van der Waals surface area (Å²) in [5.74, 6) is 0.719. The van der Waals surface area contributed by atoms with Gasteiger partial charge in [0.15, 0.2) is 11.5 Å². The van der Waals surface area contributed by atoms with E-state index in [1.165, 1.54) is 0 Å². The molecule has 1 rings (SSSR count). The molecular weight excluding hydrogens is 296 g/mol. The van der Waals surface area contributed by atoms with Gasteiger partial charge in [-0.3, -0.25) is 9.59 Å². The van der Waals surface area contributed by atoms with Crippen LogP contribution in [0.2, 0.25) is 0 Å². The predicted octanol–water partition coefficient (Wildman–Crippen LogP) is 2.08. The summed E-state index contributed by atoms with van der Waals surface area (Å²) < 4.78 is 11.0. The molecule has 1 aromatic rings. The van der Waals surface area contributed by atoms with Crippen LogP contribution in [-0.4, -0.2) is 49.6 Å². The van der Waals surface area contributed by atoms with Gasteiger partial charge in [0.05, 0.1) is 19.8 Å². The summed E-state index contributed by atoms with van der Waals surface area (Å²) in [5.41, 5.74) is 0.434. The molecule has 0 spiro atoms. The summed E-state index contributed by atoms with van der Waals surface area (Å²) in [5, 5.41) is 2.64. The van der Waals surface area contributed by atoms with E-state index in [0.29, 0.717) is 43.4 Å². The second kappa shape index (κ2) is 9.71. The Hall–Kier alpha value is -2.24. The molecule has 0 aliphatic heterocycles. The standard InChI is InChI=1S/C17H26N2O4/c1-5-19(6-2)16(20)12-18-17(21)13-9-10-14(22-7-3)15(11-13)23-8-4/h9-11H,5-8,12H2,1-4H3,(H,18,21). The third kappa shape index (κ3) is 5.47. The number of ether oxygens (including phenoxy) is 2. The molecule has 0 unspecified atom stereocenters. The molecule has 0 aliphatic rings. The first-order chi connectivity index (χ1) is 11.1. The van der Waals surface area contributed by atoms with Crippen LogP contribution < -0.4 is 14.8 Å². The molecule has 0 fully saturated rings. The smallest absolute Gasteiger partial charge is 0.251 e. The van der Waals surface area contributed by atoms with E-state index in [0.717, 1.165) is 0 Å². The Balaban J connectivity index is 2.76. The summed E-state index contributed by atoms with van der Waals surface area (Å²) in [6, 6.07) is 4.99. The average molecular weight is 322 g/mol. The number of carbonyl (C=O) groups is 2. The molecular formula is C17H26N2O4. The third-order valence-electron chi connectivity index (χ3n) is 3.32. The van der Waals surface area contributed by atoms with E-state index in [-0.39, 0.29) is 18.4 Å². The normalized spacial score (nSPS) is 10.1. The van der Waals surface area contributed by atoms with Crippen LogP contribution in [0.3, 0.4) is 0 Å². The van der Waals surface area contributed by atoms with E-state index in [1.807, 2.05) is 27.7 Å². The van der Waals surface area contributed by atoms with Gasteiger partial charge in [0.2, 0.25) is 5.91 Å². The van der Waals surface area contributed by atoms with Gasteiger partial charge in [0, 0.05) is 18.7 Å². The van der Waals surface area contributed by atoms with Crippen LogP contribution in [0.1, 0.15) is 38.1 Å². The molecule has 1 N–H and O–H groups in total. The van der Waals surface area contributed by atoms with Crippen LogP contribution in [-0.2, 0) is 4.79 Å². The summed E-state index contributed by atoms with van der Waals surface area (Å²) in [6.07, 6.45) is 0. The van der Waals surface area contributed by atoms with Gasteiger partial charge < -0.3 is 19.7 Å². The van der Waals surface area contributed by atoms with Gasteiger partial charge in [-0.05, 0) is 45.9 Å². The highest BCUT2D eigenvalue weighted by atomic mass is 16.5. The van der Waals surface area contributed by atoms with Crippen molar-refractivity contribution in [3.05, 3.63) is 23.8 Å². The zero-order valence-electron chi connectivity index (χ0n) is 14.3. The van der Waals surface area contributed by atoms with Gasteiger partial charge in [-0.2, -0.15) is 0 Å².